The molecule has 0 aliphatic heterocycles. The van der Waals surface area contributed by atoms with Gasteiger partial charge in [-0.2, -0.15) is 0 Å². The molecular weight excluding hydrogens is 441 g/mol. The van der Waals surface area contributed by atoms with E-state index in [0.29, 0.717) is 0 Å². The predicted molar refractivity (Wildman–Crippen MR) is 23.0 cm³/mol. The fourth-order valence-electron chi connectivity index (χ4n) is 0. The van der Waals surface area contributed by atoms with Crippen LogP contribution in [-0.2, 0) is 0 Å². The number of halogens is 8. The van der Waals surface area contributed by atoms with Crippen molar-refractivity contribution in [2.45, 2.75) is 0 Å². The van der Waals surface area contributed by atoms with Crippen LogP contribution >= 0.6 is 0 Å². The van der Waals surface area contributed by atoms with Crippen LogP contribution in [0.3, 0.4) is 0 Å². The predicted octanol–water partition coefficient (Wildman–Crippen LogP) is -25.5. The molecule has 0 aromatic rings. The SMILES string of the molecule is [Ba+2].[Ca+2].[F-].[F-].[F-].[F-].[F-].[F-].[F-].[F-].[Mg+2].[Sr+2]. The van der Waals surface area contributed by atoms with Crippen LogP contribution < -0.4 is 37.6 Å². The maximum atomic E-state index is 0. The molecule has 0 fully saturated rings. The van der Waals surface area contributed by atoms with Crippen molar-refractivity contribution in [3.05, 3.63) is 0 Å². The molecule has 64 valence electrons. The van der Waals surface area contributed by atoms with E-state index >= 15 is 0 Å². The minimum absolute atomic E-state index is 0. The molecule has 0 aromatic heterocycles. The van der Waals surface area contributed by atoms with Crippen LogP contribution in [0.5, 0.6) is 0 Å². The summed E-state index contributed by atoms with van der Waals surface area (Å²) in [5.41, 5.74) is 0. The third-order valence-electron chi connectivity index (χ3n) is 0. The molecule has 0 spiro atoms. The fraction of sp³-hybridized carbons (Fsp3) is 0. The molecule has 0 unspecified atom stereocenters. The molecule has 0 aliphatic carbocycles. The third kappa shape index (κ3) is 130. The van der Waals surface area contributed by atoms with E-state index in [1.54, 1.807) is 0 Å². The Morgan fingerprint density at radius 3 is 0.417 bits per heavy atom. The minimum Gasteiger partial charge on any atom is -1.00 e. The quantitative estimate of drug-likeness (QED) is 0.259. The first kappa shape index (κ1) is 195. The van der Waals surface area contributed by atoms with Crippen LogP contribution in [-0.4, -0.2) is 155 Å². The molecule has 0 atom stereocenters. The summed E-state index contributed by atoms with van der Waals surface area (Å²) in [5.74, 6) is 0. The first-order valence-electron chi connectivity index (χ1n) is 0. The van der Waals surface area contributed by atoms with Gasteiger partial charge in [0.05, 0.1) is 0 Å². The summed E-state index contributed by atoms with van der Waals surface area (Å²) in [7, 11) is 0. The van der Waals surface area contributed by atoms with E-state index in [1.165, 1.54) is 0 Å². The van der Waals surface area contributed by atoms with Gasteiger partial charge in [-0.15, -0.1) is 0 Å². The second-order valence-corrected chi connectivity index (χ2v) is 0. The third-order valence-corrected chi connectivity index (χ3v) is 0. The second kappa shape index (κ2) is 160. The zero-order valence-corrected chi connectivity index (χ0v) is 17.4. The summed E-state index contributed by atoms with van der Waals surface area (Å²) in [6.45, 7) is 0. The van der Waals surface area contributed by atoms with E-state index in [2.05, 4.69) is 0 Å². The van der Waals surface area contributed by atoms with E-state index in [9.17, 15) is 0 Å². The van der Waals surface area contributed by atoms with Gasteiger partial charge in [0.15, 0.2) is 0 Å². The standard InChI is InChI=1S/Ba.Ca.8FH.Mg.Sr/h;;8*1H;;/q2*+2;;;;;;;;;2*+2/p-8. The fourth-order valence-corrected chi connectivity index (χ4v) is 0. The van der Waals surface area contributed by atoms with Gasteiger partial charge >= 0.3 is 155 Å². The Balaban J connectivity index is 0. The molecule has 0 heterocycles. The van der Waals surface area contributed by atoms with Gasteiger partial charge in [0.2, 0.25) is 0 Å². The molecule has 12 heavy (non-hydrogen) atoms. The van der Waals surface area contributed by atoms with E-state index < -0.39 is 0 Å². The molecule has 0 saturated heterocycles. The Bertz CT molecular complexity index is 19.0. The van der Waals surface area contributed by atoms with E-state index in [0.717, 1.165) is 0 Å². The Kier molecular flexibility index (Phi) is 2600. The van der Waals surface area contributed by atoms with Gasteiger partial charge in [-0.1, -0.05) is 0 Å². The summed E-state index contributed by atoms with van der Waals surface area (Å²) in [5, 5.41) is 0. The van der Waals surface area contributed by atoms with Gasteiger partial charge < -0.3 is 37.6 Å². The molecule has 0 aliphatic rings. The molecule has 0 saturated carbocycles. The van der Waals surface area contributed by atoms with Crippen LogP contribution in [0, 0.1) is 0 Å². The smallest absolute Gasteiger partial charge is 1.00 e. The van der Waals surface area contributed by atoms with Crippen molar-refractivity contribution in [1.82, 2.24) is 0 Å². The topological polar surface area (TPSA) is 0 Å². The largest absolute Gasteiger partial charge is 2.00 e. The van der Waals surface area contributed by atoms with Gasteiger partial charge in [-0.05, 0) is 0 Å². The average molecular weight is 441 g/mol. The number of hydrogen-bond donors (Lipinski definition) is 0. The Labute approximate surface area is 188 Å². The molecule has 12 heteroatoms. The van der Waals surface area contributed by atoms with Crippen molar-refractivity contribution in [2.75, 3.05) is 0 Å². The zero-order valence-electron chi connectivity index (χ0n) is 5.85. The van der Waals surface area contributed by atoms with Crippen molar-refractivity contribution in [2.24, 2.45) is 0 Å². The first-order chi connectivity index (χ1) is 0. The van der Waals surface area contributed by atoms with E-state index in [4.69, 9.17) is 0 Å². The van der Waals surface area contributed by atoms with E-state index in [1.807, 2.05) is 0 Å². The molecule has 0 bridgehead atoms. The Hall–Kier alpha value is 4.52. The summed E-state index contributed by atoms with van der Waals surface area (Å²) in [6, 6.07) is 0. The van der Waals surface area contributed by atoms with Gasteiger partial charge in [0.25, 0.3) is 0 Å². The molecule has 0 rings (SSSR count). The van der Waals surface area contributed by atoms with Crippen molar-refractivity contribution in [3.63, 3.8) is 0 Å². The maximum Gasteiger partial charge on any atom is 2.00 e. The molecule has 0 amide bonds. The maximum absolute atomic E-state index is 0. The molecule has 0 radical (unpaired) electrons. The monoisotopic (exact) mass is 442 g/mol. The number of rotatable bonds is 0. The average Bonchev–Trinajstić information content (AvgIpc) is 0. The first-order valence-corrected chi connectivity index (χ1v) is 0. The van der Waals surface area contributed by atoms with Crippen molar-refractivity contribution in [1.29, 1.82) is 0 Å². The van der Waals surface area contributed by atoms with Crippen LogP contribution in [0.2, 0.25) is 0 Å². The summed E-state index contributed by atoms with van der Waals surface area (Å²) < 4.78 is 0. The minimum atomic E-state index is 0. The van der Waals surface area contributed by atoms with Crippen LogP contribution in [0.4, 0.5) is 0 Å². The molecule has 0 nitrogen and oxygen atoms in total. The normalized spacial score (nSPS) is 0. The van der Waals surface area contributed by atoms with Crippen molar-refractivity contribution < 1.29 is 37.6 Å². The Morgan fingerprint density at radius 1 is 0.417 bits per heavy atom. The molecule has 0 N–H and O–H groups in total. The zero-order chi connectivity index (χ0) is 0. The van der Waals surface area contributed by atoms with Crippen LogP contribution in [0.1, 0.15) is 0 Å². The summed E-state index contributed by atoms with van der Waals surface area (Å²) in [6.07, 6.45) is 0. The van der Waals surface area contributed by atoms with Crippen LogP contribution in [0.25, 0.3) is 0 Å². The second-order valence-electron chi connectivity index (χ2n) is 0. The summed E-state index contributed by atoms with van der Waals surface area (Å²) >= 11 is 0. The summed E-state index contributed by atoms with van der Waals surface area (Å²) in [4.78, 5) is 0. The van der Waals surface area contributed by atoms with E-state index in [-0.39, 0.29) is 193 Å². The number of hydrogen-bond acceptors (Lipinski definition) is 0. The van der Waals surface area contributed by atoms with Crippen molar-refractivity contribution in [3.8, 4) is 0 Å². The molecule has 0 aromatic carbocycles. The van der Waals surface area contributed by atoms with Gasteiger partial charge in [0.1, 0.15) is 0 Å². The van der Waals surface area contributed by atoms with Gasteiger partial charge in [-0.25, -0.2) is 0 Å². The van der Waals surface area contributed by atoms with Crippen LogP contribution in [0.15, 0.2) is 0 Å². The Morgan fingerprint density at radius 2 is 0.417 bits per heavy atom. The molecular formula is BaCaF8MgSr. The van der Waals surface area contributed by atoms with Gasteiger partial charge in [-0.3, -0.25) is 0 Å². The van der Waals surface area contributed by atoms with Crippen molar-refractivity contribution >= 4 is 155 Å². The van der Waals surface area contributed by atoms with Gasteiger partial charge in [0, 0.05) is 0 Å².